The fourth-order valence-corrected chi connectivity index (χ4v) is 1.76. The quantitative estimate of drug-likeness (QED) is 0.858. The molecule has 4 nitrogen and oxygen atoms in total. The minimum atomic E-state index is -0.520. The van der Waals surface area contributed by atoms with Gasteiger partial charge in [0.1, 0.15) is 5.76 Å². The molecule has 0 aromatic carbocycles. The lowest BCUT2D eigenvalue weighted by atomic mass is 10.0. The molecular weight excluding hydrogens is 204 g/mol. The van der Waals surface area contributed by atoms with Gasteiger partial charge in [-0.3, -0.25) is 4.68 Å². The molecule has 0 fully saturated rings. The van der Waals surface area contributed by atoms with Gasteiger partial charge in [-0.05, 0) is 25.5 Å². The van der Waals surface area contributed by atoms with E-state index in [0.717, 1.165) is 23.4 Å². The highest BCUT2D eigenvalue weighted by Crippen LogP contribution is 2.22. The second kappa shape index (κ2) is 4.53. The van der Waals surface area contributed by atoms with Crippen LogP contribution < -0.4 is 0 Å². The Labute approximate surface area is 94.5 Å². The van der Waals surface area contributed by atoms with Gasteiger partial charge in [-0.2, -0.15) is 5.10 Å². The van der Waals surface area contributed by atoms with Crippen molar-refractivity contribution in [2.45, 2.75) is 32.9 Å². The Bertz CT molecular complexity index is 459. The van der Waals surface area contributed by atoms with Crippen LogP contribution in [-0.4, -0.2) is 14.9 Å². The fraction of sp³-hybridized carbons (Fsp3) is 0.417. The summed E-state index contributed by atoms with van der Waals surface area (Å²) in [4.78, 5) is 0. The minimum absolute atomic E-state index is 0.520. The summed E-state index contributed by atoms with van der Waals surface area (Å²) < 4.78 is 7.02. The van der Waals surface area contributed by atoms with Crippen molar-refractivity contribution in [3.05, 3.63) is 41.6 Å². The van der Waals surface area contributed by atoms with Crippen LogP contribution in [0, 0.1) is 6.92 Å². The SMILES string of the molecule is CCn1cc(CC(O)c2ccoc2C)cn1. The van der Waals surface area contributed by atoms with Crippen LogP contribution in [0.4, 0.5) is 0 Å². The maximum absolute atomic E-state index is 10.0. The standard InChI is InChI=1S/C12H16N2O2/c1-3-14-8-10(7-13-14)6-12(15)11-4-5-16-9(11)2/h4-5,7-8,12,15H,3,6H2,1-2H3. The zero-order valence-corrected chi connectivity index (χ0v) is 9.55. The number of rotatable bonds is 4. The van der Waals surface area contributed by atoms with Crippen molar-refractivity contribution >= 4 is 0 Å². The van der Waals surface area contributed by atoms with E-state index in [4.69, 9.17) is 4.42 Å². The molecule has 2 rings (SSSR count). The van der Waals surface area contributed by atoms with E-state index in [1.807, 2.05) is 30.8 Å². The molecular formula is C12H16N2O2. The first-order chi connectivity index (χ1) is 7.70. The van der Waals surface area contributed by atoms with Crippen LogP contribution in [0.3, 0.4) is 0 Å². The highest BCUT2D eigenvalue weighted by atomic mass is 16.3. The van der Waals surface area contributed by atoms with E-state index in [1.54, 1.807) is 12.5 Å². The molecule has 1 unspecified atom stereocenters. The summed E-state index contributed by atoms with van der Waals surface area (Å²) in [5.74, 6) is 0.774. The molecule has 2 heterocycles. The molecule has 1 N–H and O–H groups in total. The average Bonchev–Trinajstić information content (AvgIpc) is 2.86. The molecule has 0 aliphatic rings. The molecule has 1 atom stereocenters. The normalized spacial score (nSPS) is 12.9. The fourth-order valence-electron chi connectivity index (χ4n) is 1.76. The Balaban J connectivity index is 2.07. The third kappa shape index (κ3) is 2.17. The number of hydrogen-bond acceptors (Lipinski definition) is 3. The smallest absolute Gasteiger partial charge is 0.106 e. The molecule has 0 aliphatic heterocycles. The van der Waals surface area contributed by atoms with Crippen LogP contribution in [0.2, 0.25) is 0 Å². The molecule has 4 heteroatoms. The first kappa shape index (κ1) is 11.0. The van der Waals surface area contributed by atoms with Gasteiger partial charge in [0.15, 0.2) is 0 Å². The van der Waals surface area contributed by atoms with Crippen molar-refractivity contribution in [2.75, 3.05) is 0 Å². The lowest BCUT2D eigenvalue weighted by molar-refractivity contribution is 0.176. The van der Waals surface area contributed by atoms with E-state index in [0.29, 0.717) is 6.42 Å². The predicted octanol–water partition coefficient (Wildman–Crippen LogP) is 2.08. The van der Waals surface area contributed by atoms with Gasteiger partial charge >= 0.3 is 0 Å². The number of aromatic nitrogens is 2. The monoisotopic (exact) mass is 220 g/mol. The van der Waals surface area contributed by atoms with E-state index >= 15 is 0 Å². The van der Waals surface area contributed by atoms with E-state index in [-0.39, 0.29) is 0 Å². The van der Waals surface area contributed by atoms with Gasteiger partial charge in [-0.25, -0.2) is 0 Å². The molecule has 16 heavy (non-hydrogen) atoms. The summed E-state index contributed by atoms with van der Waals surface area (Å²) in [6.45, 7) is 4.74. The molecule has 0 radical (unpaired) electrons. The average molecular weight is 220 g/mol. The van der Waals surface area contributed by atoms with Crippen molar-refractivity contribution in [2.24, 2.45) is 0 Å². The Hall–Kier alpha value is -1.55. The number of nitrogens with zero attached hydrogens (tertiary/aromatic N) is 2. The first-order valence-electron chi connectivity index (χ1n) is 5.44. The van der Waals surface area contributed by atoms with Gasteiger partial charge in [0.05, 0.1) is 18.6 Å². The number of hydrogen-bond donors (Lipinski definition) is 1. The highest BCUT2D eigenvalue weighted by molar-refractivity contribution is 5.21. The first-order valence-corrected chi connectivity index (χ1v) is 5.44. The molecule has 0 bridgehead atoms. The topological polar surface area (TPSA) is 51.2 Å². The molecule has 0 saturated heterocycles. The van der Waals surface area contributed by atoms with Gasteiger partial charge in [0.25, 0.3) is 0 Å². The van der Waals surface area contributed by atoms with Gasteiger partial charge in [0, 0.05) is 24.7 Å². The molecule has 2 aromatic rings. The summed E-state index contributed by atoms with van der Waals surface area (Å²) >= 11 is 0. The molecule has 0 amide bonds. The Morgan fingerprint density at radius 2 is 2.38 bits per heavy atom. The van der Waals surface area contributed by atoms with Crippen LogP contribution in [0.15, 0.2) is 29.1 Å². The lowest BCUT2D eigenvalue weighted by Gasteiger charge is -2.07. The van der Waals surface area contributed by atoms with Crippen LogP contribution in [0.1, 0.15) is 29.9 Å². The second-order valence-electron chi connectivity index (χ2n) is 3.86. The largest absolute Gasteiger partial charge is 0.469 e. The summed E-state index contributed by atoms with van der Waals surface area (Å²) in [6, 6.07) is 1.81. The number of aliphatic hydroxyl groups is 1. The highest BCUT2D eigenvalue weighted by Gasteiger charge is 2.14. The van der Waals surface area contributed by atoms with Crippen molar-refractivity contribution in [3.63, 3.8) is 0 Å². The summed E-state index contributed by atoms with van der Waals surface area (Å²) in [5, 5.41) is 14.2. The Kier molecular flexibility index (Phi) is 3.10. The van der Waals surface area contributed by atoms with Crippen molar-refractivity contribution < 1.29 is 9.52 Å². The molecule has 2 aromatic heterocycles. The lowest BCUT2D eigenvalue weighted by Crippen LogP contribution is -2.01. The van der Waals surface area contributed by atoms with Gasteiger partial charge in [0.2, 0.25) is 0 Å². The van der Waals surface area contributed by atoms with Crippen molar-refractivity contribution in [1.82, 2.24) is 9.78 Å². The third-order valence-electron chi connectivity index (χ3n) is 2.70. The van der Waals surface area contributed by atoms with Crippen LogP contribution in [0.5, 0.6) is 0 Å². The zero-order chi connectivity index (χ0) is 11.5. The number of aryl methyl sites for hydroxylation is 2. The predicted molar refractivity (Wildman–Crippen MR) is 60.0 cm³/mol. The summed E-state index contributed by atoms with van der Waals surface area (Å²) in [5.41, 5.74) is 1.89. The summed E-state index contributed by atoms with van der Waals surface area (Å²) in [7, 11) is 0. The van der Waals surface area contributed by atoms with E-state index in [1.165, 1.54) is 0 Å². The van der Waals surface area contributed by atoms with Gasteiger partial charge < -0.3 is 9.52 Å². The molecule has 86 valence electrons. The zero-order valence-electron chi connectivity index (χ0n) is 9.55. The molecule has 0 saturated carbocycles. The minimum Gasteiger partial charge on any atom is -0.469 e. The van der Waals surface area contributed by atoms with Crippen LogP contribution in [-0.2, 0) is 13.0 Å². The molecule has 0 spiro atoms. The Morgan fingerprint density at radius 3 is 2.94 bits per heavy atom. The van der Waals surface area contributed by atoms with E-state index in [2.05, 4.69) is 5.10 Å². The maximum atomic E-state index is 10.0. The van der Waals surface area contributed by atoms with E-state index < -0.39 is 6.10 Å². The second-order valence-corrected chi connectivity index (χ2v) is 3.86. The Morgan fingerprint density at radius 1 is 1.56 bits per heavy atom. The summed E-state index contributed by atoms with van der Waals surface area (Å²) in [6.07, 6.45) is 5.40. The van der Waals surface area contributed by atoms with Crippen molar-refractivity contribution in [3.8, 4) is 0 Å². The van der Waals surface area contributed by atoms with Gasteiger partial charge in [-0.1, -0.05) is 0 Å². The molecule has 0 aliphatic carbocycles. The van der Waals surface area contributed by atoms with Crippen molar-refractivity contribution in [1.29, 1.82) is 0 Å². The van der Waals surface area contributed by atoms with Gasteiger partial charge in [-0.15, -0.1) is 0 Å². The van der Waals surface area contributed by atoms with E-state index in [9.17, 15) is 5.11 Å². The van der Waals surface area contributed by atoms with Crippen LogP contribution >= 0.6 is 0 Å². The number of furan rings is 1. The number of aliphatic hydroxyl groups excluding tert-OH is 1. The van der Waals surface area contributed by atoms with Crippen LogP contribution in [0.25, 0.3) is 0 Å². The maximum Gasteiger partial charge on any atom is 0.106 e. The third-order valence-corrected chi connectivity index (χ3v) is 2.70.